The number of hydrogen-bond donors (Lipinski definition) is 2. The van der Waals surface area contributed by atoms with Crippen LogP contribution in [0.5, 0.6) is 5.88 Å². The predicted octanol–water partition coefficient (Wildman–Crippen LogP) is 0.724. The molecular weight excluding hydrogens is 194 g/mol. The number of nitrogens with one attached hydrogen (secondary N) is 1. The summed E-state index contributed by atoms with van der Waals surface area (Å²) in [5.41, 5.74) is 6.17. The fraction of sp³-hybridized carbons (Fsp3) is 0.444. The lowest BCUT2D eigenvalue weighted by atomic mass is 10.4. The Labute approximate surface area is 85.9 Å². The van der Waals surface area contributed by atoms with E-state index in [1.54, 1.807) is 6.20 Å². The van der Waals surface area contributed by atoms with Gasteiger partial charge in [-0.25, -0.2) is 0 Å². The van der Waals surface area contributed by atoms with Crippen LogP contribution in [0.4, 0.5) is 5.95 Å². The van der Waals surface area contributed by atoms with Gasteiger partial charge in [-0.2, -0.15) is 15.1 Å². The minimum absolute atomic E-state index is 0.206. The van der Waals surface area contributed by atoms with Crippen LogP contribution in [0.1, 0.15) is 12.8 Å². The monoisotopic (exact) mass is 205 g/mol. The molecule has 78 valence electrons. The Balaban J connectivity index is 1.95. The van der Waals surface area contributed by atoms with E-state index in [1.807, 2.05) is 0 Å². The first-order valence-electron chi connectivity index (χ1n) is 4.92. The van der Waals surface area contributed by atoms with Gasteiger partial charge in [-0.15, -0.1) is 0 Å². The lowest BCUT2D eigenvalue weighted by Gasteiger charge is -2.04. The van der Waals surface area contributed by atoms with Crippen molar-refractivity contribution < 1.29 is 4.74 Å². The van der Waals surface area contributed by atoms with Gasteiger partial charge in [0, 0.05) is 0 Å². The van der Waals surface area contributed by atoms with E-state index in [0.29, 0.717) is 24.1 Å². The maximum atomic E-state index is 5.59. The van der Waals surface area contributed by atoms with Crippen molar-refractivity contribution in [2.75, 3.05) is 12.3 Å². The van der Waals surface area contributed by atoms with E-state index in [0.717, 1.165) is 5.39 Å². The Morgan fingerprint density at radius 3 is 3.13 bits per heavy atom. The molecule has 0 unspecified atom stereocenters. The SMILES string of the molecule is Nc1nc(OCC2CC2)c2cn[nH]c2n1. The molecule has 1 aliphatic rings. The molecule has 1 saturated carbocycles. The number of nitrogen functional groups attached to an aromatic ring is 1. The Bertz CT molecular complexity index is 490. The zero-order valence-corrected chi connectivity index (χ0v) is 8.10. The van der Waals surface area contributed by atoms with E-state index in [-0.39, 0.29) is 5.95 Å². The summed E-state index contributed by atoms with van der Waals surface area (Å²) in [7, 11) is 0. The number of aromatic nitrogens is 4. The van der Waals surface area contributed by atoms with Crippen molar-refractivity contribution in [2.45, 2.75) is 12.8 Å². The number of aromatic amines is 1. The Hall–Kier alpha value is -1.85. The second kappa shape index (κ2) is 3.08. The molecule has 3 N–H and O–H groups in total. The summed E-state index contributed by atoms with van der Waals surface area (Å²) < 4.78 is 5.59. The molecule has 0 bridgehead atoms. The minimum atomic E-state index is 0.206. The predicted molar refractivity (Wildman–Crippen MR) is 54.3 cm³/mol. The van der Waals surface area contributed by atoms with Crippen LogP contribution in [0.15, 0.2) is 6.20 Å². The number of nitrogens with zero attached hydrogens (tertiary/aromatic N) is 3. The third-order valence-electron chi connectivity index (χ3n) is 2.44. The minimum Gasteiger partial charge on any atom is -0.477 e. The number of fused-ring (bicyclic) bond motifs is 1. The van der Waals surface area contributed by atoms with Gasteiger partial charge in [-0.1, -0.05) is 0 Å². The molecule has 0 saturated heterocycles. The summed E-state index contributed by atoms with van der Waals surface area (Å²) in [5, 5.41) is 7.41. The van der Waals surface area contributed by atoms with Crippen LogP contribution >= 0.6 is 0 Å². The molecule has 15 heavy (non-hydrogen) atoms. The van der Waals surface area contributed by atoms with Crippen molar-refractivity contribution >= 4 is 17.0 Å². The van der Waals surface area contributed by atoms with E-state index < -0.39 is 0 Å². The topological polar surface area (TPSA) is 89.7 Å². The summed E-state index contributed by atoms with van der Waals surface area (Å²) in [4.78, 5) is 8.07. The van der Waals surface area contributed by atoms with Crippen LogP contribution in [0.2, 0.25) is 0 Å². The van der Waals surface area contributed by atoms with Crippen LogP contribution in [-0.4, -0.2) is 26.8 Å². The van der Waals surface area contributed by atoms with E-state index >= 15 is 0 Å². The van der Waals surface area contributed by atoms with Gasteiger partial charge in [-0.05, 0) is 18.8 Å². The van der Waals surface area contributed by atoms with Crippen molar-refractivity contribution in [3.63, 3.8) is 0 Å². The summed E-state index contributed by atoms with van der Waals surface area (Å²) in [6.45, 7) is 0.705. The number of hydrogen-bond acceptors (Lipinski definition) is 5. The molecule has 3 rings (SSSR count). The van der Waals surface area contributed by atoms with Crippen LogP contribution in [0.25, 0.3) is 11.0 Å². The first kappa shape index (κ1) is 8.46. The van der Waals surface area contributed by atoms with E-state index in [1.165, 1.54) is 12.8 Å². The summed E-state index contributed by atoms with van der Waals surface area (Å²) in [6, 6.07) is 0. The highest BCUT2D eigenvalue weighted by molar-refractivity contribution is 5.80. The van der Waals surface area contributed by atoms with Crippen LogP contribution in [0.3, 0.4) is 0 Å². The smallest absolute Gasteiger partial charge is 0.229 e. The second-order valence-corrected chi connectivity index (χ2v) is 3.77. The van der Waals surface area contributed by atoms with Crippen molar-refractivity contribution in [3.8, 4) is 5.88 Å². The van der Waals surface area contributed by atoms with Gasteiger partial charge in [0.2, 0.25) is 11.8 Å². The quantitative estimate of drug-likeness (QED) is 0.770. The maximum Gasteiger partial charge on any atom is 0.229 e. The molecule has 2 heterocycles. The molecule has 6 heteroatoms. The fourth-order valence-electron chi connectivity index (χ4n) is 1.42. The fourth-order valence-corrected chi connectivity index (χ4v) is 1.42. The number of rotatable bonds is 3. The van der Waals surface area contributed by atoms with Gasteiger partial charge in [0.05, 0.1) is 12.8 Å². The molecule has 0 radical (unpaired) electrons. The number of anilines is 1. The zero-order valence-electron chi connectivity index (χ0n) is 8.10. The van der Waals surface area contributed by atoms with E-state index in [4.69, 9.17) is 10.5 Å². The van der Waals surface area contributed by atoms with Crippen molar-refractivity contribution in [1.82, 2.24) is 20.2 Å². The second-order valence-electron chi connectivity index (χ2n) is 3.77. The first-order valence-corrected chi connectivity index (χ1v) is 4.92. The zero-order chi connectivity index (χ0) is 10.3. The molecule has 2 aromatic rings. The van der Waals surface area contributed by atoms with Gasteiger partial charge in [-0.3, -0.25) is 5.10 Å². The average molecular weight is 205 g/mol. The highest BCUT2D eigenvalue weighted by Crippen LogP contribution is 2.30. The highest BCUT2D eigenvalue weighted by Gasteiger charge is 2.22. The summed E-state index contributed by atoms with van der Waals surface area (Å²) in [6.07, 6.45) is 4.14. The molecule has 6 nitrogen and oxygen atoms in total. The largest absolute Gasteiger partial charge is 0.477 e. The molecule has 0 spiro atoms. The summed E-state index contributed by atoms with van der Waals surface area (Å²) in [5.74, 6) is 1.42. The molecular formula is C9H11N5O. The van der Waals surface area contributed by atoms with Crippen LogP contribution < -0.4 is 10.5 Å². The molecule has 1 fully saturated rings. The molecule has 1 aliphatic carbocycles. The van der Waals surface area contributed by atoms with Crippen molar-refractivity contribution in [2.24, 2.45) is 5.92 Å². The lowest BCUT2D eigenvalue weighted by molar-refractivity contribution is 0.292. The Morgan fingerprint density at radius 2 is 2.33 bits per heavy atom. The Kier molecular flexibility index (Phi) is 1.74. The number of H-pyrrole nitrogens is 1. The van der Waals surface area contributed by atoms with E-state index in [9.17, 15) is 0 Å². The van der Waals surface area contributed by atoms with Crippen LogP contribution in [-0.2, 0) is 0 Å². The normalized spacial score (nSPS) is 15.7. The van der Waals surface area contributed by atoms with Crippen molar-refractivity contribution in [3.05, 3.63) is 6.20 Å². The average Bonchev–Trinajstić information content (AvgIpc) is 2.92. The van der Waals surface area contributed by atoms with Gasteiger partial charge in [0.15, 0.2) is 5.65 Å². The van der Waals surface area contributed by atoms with Crippen molar-refractivity contribution in [1.29, 1.82) is 0 Å². The molecule has 0 aliphatic heterocycles. The molecule has 0 atom stereocenters. The third-order valence-corrected chi connectivity index (χ3v) is 2.44. The lowest BCUT2D eigenvalue weighted by Crippen LogP contribution is -2.04. The van der Waals surface area contributed by atoms with Gasteiger partial charge >= 0.3 is 0 Å². The number of nitrogens with two attached hydrogens (primary N) is 1. The molecule has 2 aromatic heterocycles. The highest BCUT2D eigenvalue weighted by atomic mass is 16.5. The van der Waals surface area contributed by atoms with E-state index in [2.05, 4.69) is 20.2 Å². The van der Waals surface area contributed by atoms with Gasteiger partial charge < -0.3 is 10.5 Å². The maximum absolute atomic E-state index is 5.59. The third kappa shape index (κ3) is 1.58. The van der Waals surface area contributed by atoms with Crippen LogP contribution in [0, 0.1) is 5.92 Å². The Morgan fingerprint density at radius 1 is 1.47 bits per heavy atom. The summed E-state index contributed by atoms with van der Waals surface area (Å²) >= 11 is 0. The standard InChI is InChI=1S/C9H11N5O/c10-9-12-7-6(3-11-14-7)8(13-9)15-4-5-1-2-5/h3,5H,1-2,4H2,(H3,10,11,12,13,14). The van der Waals surface area contributed by atoms with Gasteiger partial charge in [0.1, 0.15) is 5.39 Å². The molecule has 0 amide bonds. The number of ether oxygens (including phenoxy) is 1. The molecule has 0 aromatic carbocycles. The van der Waals surface area contributed by atoms with Gasteiger partial charge in [0.25, 0.3) is 0 Å². The first-order chi connectivity index (χ1) is 7.33.